The van der Waals surface area contributed by atoms with Crippen LogP contribution in [0.25, 0.3) is 0 Å². The molecule has 2 saturated heterocycles. The van der Waals surface area contributed by atoms with E-state index in [4.69, 9.17) is 9.47 Å². The van der Waals surface area contributed by atoms with Gasteiger partial charge in [-0.15, -0.1) is 0 Å². The molecule has 4 aliphatic carbocycles. The van der Waals surface area contributed by atoms with Gasteiger partial charge in [0.25, 0.3) is 0 Å². The number of carbonyl (C=O) groups is 2. The molecule has 4 nitrogen and oxygen atoms in total. The van der Waals surface area contributed by atoms with Crippen LogP contribution in [-0.2, 0) is 19.1 Å². The summed E-state index contributed by atoms with van der Waals surface area (Å²) in [6.45, 7) is 2.21. The van der Waals surface area contributed by atoms with Crippen molar-refractivity contribution in [2.75, 3.05) is 0 Å². The van der Waals surface area contributed by atoms with Gasteiger partial charge in [0.05, 0.1) is 6.10 Å². The fourth-order valence-electron chi connectivity index (χ4n) is 7.09. The molecular weight excluding hydrogens is 280 g/mol. The molecule has 0 aromatic carbocycles. The van der Waals surface area contributed by atoms with Crippen molar-refractivity contribution in [3.63, 3.8) is 0 Å². The smallest absolute Gasteiger partial charge is 0.195 e. The van der Waals surface area contributed by atoms with Crippen LogP contribution in [-0.4, -0.2) is 35.5 Å². The third-order valence-electron chi connectivity index (χ3n) is 8.24. The van der Waals surface area contributed by atoms with Crippen LogP contribution in [0, 0.1) is 29.1 Å². The lowest BCUT2D eigenvalue weighted by Crippen LogP contribution is -2.54. The minimum Gasteiger partial charge on any atom is -0.361 e. The Morgan fingerprint density at radius 1 is 1.09 bits per heavy atom. The van der Waals surface area contributed by atoms with Crippen molar-refractivity contribution in [3.8, 4) is 0 Å². The normalized spacial score (nSPS) is 64.1. The summed E-state index contributed by atoms with van der Waals surface area (Å²) >= 11 is 0. The molecule has 0 amide bonds. The molecule has 9 atom stereocenters. The molecule has 1 spiro atoms. The summed E-state index contributed by atoms with van der Waals surface area (Å²) < 4.78 is 11.8. The van der Waals surface area contributed by atoms with Crippen LogP contribution in [0.5, 0.6) is 0 Å². The van der Waals surface area contributed by atoms with Crippen LogP contribution in [0.15, 0.2) is 0 Å². The van der Waals surface area contributed by atoms with E-state index in [2.05, 4.69) is 6.92 Å². The SMILES string of the molecule is C[C@]12CC[C@H]3[C@@H](CC[C@]45O[C@H]4C(=O)[C@H]4O[C@H]4[C@H]35)[C@@H]1CCC2=O. The lowest BCUT2D eigenvalue weighted by molar-refractivity contribution is -0.133. The van der Waals surface area contributed by atoms with Crippen LogP contribution in [0.3, 0.4) is 0 Å². The van der Waals surface area contributed by atoms with Crippen molar-refractivity contribution in [3.05, 3.63) is 0 Å². The molecule has 0 N–H and O–H groups in total. The van der Waals surface area contributed by atoms with Gasteiger partial charge in [-0.1, -0.05) is 6.92 Å². The maximum absolute atomic E-state index is 12.4. The second-order valence-corrected chi connectivity index (χ2v) is 8.79. The number of ketones is 2. The minimum atomic E-state index is -0.174. The number of ether oxygens (including phenoxy) is 2. The van der Waals surface area contributed by atoms with Crippen LogP contribution in [0.4, 0.5) is 0 Å². The van der Waals surface area contributed by atoms with Crippen molar-refractivity contribution in [2.45, 2.75) is 69.4 Å². The Kier molecular flexibility index (Phi) is 2.02. The molecule has 118 valence electrons. The van der Waals surface area contributed by atoms with E-state index >= 15 is 0 Å². The van der Waals surface area contributed by atoms with E-state index in [1.54, 1.807) is 0 Å². The van der Waals surface area contributed by atoms with Crippen molar-refractivity contribution in [1.82, 2.24) is 0 Å². The Morgan fingerprint density at radius 2 is 1.91 bits per heavy atom. The number of rotatable bonds is 0. The average molecular weight is 302 g/mol. The van der Waals surface area contributed by atoms with Crippen LogP contribution in [0.2, 0.25) is 0 Å². The molecule has 0 aromatic rings. The zero-order chi connectivity index (χ0) is 14.9. The highest BCUT2D eigenvalue weighted by Gasteiger charge is 2.80. The molecule has 6 rings (SSSR count). The highest BCUT2D eigenvalue weighted by Crippen LogP contribution is 2.69. The molecule has 22 heavy (non-hydrogen) atoms. The third kappa shape index (κ3) is 1.20. The second kappa shape index (κ2) is 3.51. The molecular formula is C18H22O4. The summed E-state index contributed by atoms with van der Waals surface area (Å²) in [5.41, 5.74) is -0.240. The minimum absolute atomic E-state index is 0.0657. The fraction of sp³-hybridized carbons (Fsp3) is 0.889. The molecule has 0 radical (unpaired) electrons. The maximum atomic E-state index is 12.4. The van der Waals surface area contributed by atoms with E-state index in [1.807, 2.05) is 0 Å². The van der Waals surface area contributed by atoms with E-state index in [0.29, 0.717) is 29.5 Å². The van der Waals surface area contributed by atoms with Gasteiger partial charge in [-0.25, -0.2) is 0 Å². The quantitative estimate of drug-likeness (QED) is 0.641. The molecule has 4 saturated carbocycles. The fourth-order valence-corrected chi connectivity index (χ4v) is 7.09. The number of fused-ring (bicyclic) bond motifs is 6. The number of epoxide rings is 2. The van der Waals surface area contributed by atoms with Crippen molar-refractivity contribution >= 4 is 11.6 Å². The summed E-state index contributed by atoms with van der Waals surface area (Å²) in [6, 6.07) is 0. The summed E-state index contributed by atoms with van der Waals surface area (Å²) in [5, 5.41) is 0. The first-order valence-corrected chi connectivity index (χ1v) is 8.96. The topological polar surface area (TPSA) is 59.2 Å². The predicted molar refractivity (Wildman–Crippen MR) is 76.0 cm³/mol. The molecule has 4 heteroatoms. The first-order chi connectivity index (χ1) is 10.6. The molecule has 0 aromatic heterocycles. The van der Waals surface area contributed by atoms with E-state index < -0.39 is 0 Å². The Labute approximate surface area is 129 Å². The Bertz CT molecular complexity index is 614. The average Bonchev–Trinajstić information content (AvgIpc) is 3.39. The summed E-state index contributed by atoms with van der Waals surface area (Å²) in [4.78, 5) is 24.6. The second-order valence-electron chi connectivity index (χ2n) is 8.79. The molecule has 2 aliphatic heterocycles. The summed E-state index contributed by atoms with van der Waals surface area (Å²) in [7, 11) is 0. The van der Waals surface area contributed by atoms with E-state index in [1.165, 1.54) is 0 Å². The highest BCUT2D eigenvalue weighted by molar-refractivity contribution is 5.95. The van der Waals surface area contributed by atoms with Gasteiger partial charge in [-0.2, -0.15) is 0 Å². The van der Waals surface area contributed by atoms with E-state index in [-0.39, 0.29) is 35.1 Å². The Morgan fingerprint density at radius 3 is 2.77 bits per heavy atom. The van der Waals surface area contributed by atoms with Crippen molar-refractivity contribution in [2.24, 2.45) is 29.1 Å². The van der Waals surface area contributed by atoms with Crippen LogP contribution < -0.4 is 0 Å². The lowest BCUT2D eigenvalue weighted by Gasteiger charge is -2.52. The Hall–Kier alpha value is -0.740. The number of hydrogen-bond donors (Lipinski definition) is 0. The zero-order valence-electron chi connectivity index (χ0n) is 12.9. The summed E-state index contributed by atoms with van der Waals surface area (Å²) in [5.74, 6) is 2.92. The molecule has 0 bridgehead atoms. The number of hydrogen-bond acceptors (Lipinski definition) is 4. The third-order valence-corrected chi connectivity index (χ3v) is 8.24. The van der Waals surface area contributed by atoms with Gasteiger partial charge in [0, 0.05) is 17.8 Å². The first kappa shape index (κ1) is 12.7. The van der Waals surface area contributed by atoms with Gasteiger partial charge in [0.2, 0.25) is 0 Å². The van der Waals surface area contributed by atoms with Gasteiger partial charge >= 0.3 is 0 Å². The maximum Gasteiger partial charge on any atom is 0.195 e. The lowest BCUT2D eigenvalue weighted by atomic mass is 9.50. The zero-order valence-corrected chi connectivity index (χ0v) is 12.9. The molecule has 0 unspecified atom stereocenters. The molecule has 6 fully saturated rings. The standard InChI is InChI=1S/C18H22O4/c1-17-6-4-9-8(10(17)2-3-11(17)19)5-7-18-12(9)14-15(21-14)13(20)16(18)22-18/h8-10,12,14-16H,2-7H2,1H3/t8-,9+,10+,12+,14+,15-,16+,17+,18-/m1/s1. The van der Waals surface area contributed by atoms with E-state index in [9.17, 15) is 9.59 Å². The van der Waals surface area contributed by atoms with Crippen LogP contribution in [0.1, 0.15) is 45.4 Å². The highest BCUT2D eigenvalue weighted by atomic mass is 16.7. The van der Waals surface area contributed by atoms with Gasteiger partial charge in [-0.3, -0.25) is 9.59 Å². The van der Waals surface area contributed by atoms with Crippen molar-refractivity contribution in [1.29, 1.82) is 0 Å². The van der Waals surface area contributed by atoms with Crippen molar-refractivity contribution < 1.29 is 19.1 Å². The monoisotopic (exact) mass is 302 g/mol. The number of carbonyl (C=O) groups excluding carboxylic acids is 2. The number of Topliss-reactive ketones (excluding diaryl/α,β-unsaturated/α-hetero) is 2. The molecule has 2 heterocycles. The predicted octanol–water partition coefficient (Wildman–Crippen LogP) is 1.90. The van der Waals surface area contributed by atoms with E-state index in [0.717, 1.165) is 38.5 Å². The van der Waals surface area contributed by atoms with Crippen LogP contribution >= 0.6 is 0 Å². The van der Waals surface area contributed by atoms with Gasteiger partial charge in [0.15, 0.2) is 5.78 Å². The molecule has 6 aliphatic rings. The van der Waals surface area contributed by atoms with Gasteiger partial charge in [0.1, 0.15) is 23.6 Å². The summed E-state index contributed by atoms with van der Waals surface area (Å²) in [6.07, 6.45) is 5.93. The van der Waals surface area contributed by atoms with Gasteiger partial charge in [-0.05, 0) is 49.9 Å². The first-order valence-electron chi connectivity index (χ1n) is 8.96. The van der Waals surface area contributed by atoms with Gasteiger partial charge < -0.3 is 9.47 Å². The Balaban J connectivity index is 1.38. The largest absolute Gasteiger partial charge is 0.361 e.